The van der Waals surface area contributed by atoms with Gasteiger partial charge < -0.3 is 19.7 Å². The maximum Gasteiger partial charge on any atom is 0.255 e. The van der Waals surface area contributed by atoms with Crippen molar-refractivity contribution >= 4 is 28.6 Å². The molecule has 1 aliphatic heterocycles. The van der Waals surface area contributed by atoms with Crippen LogP contribution in [0, 0.1) is 12.7 Å². The molecule has 3 aromatic rings. The molecule has 1 N–H and O–H groups in total. The summed E-state index contributed by atoms with van der Waals surface area (Å²) in [5, 5.41) is 5.67. The van der Waals surface area contributed by atoms with Crippen LogP contribution in [0.3, 0.4) is 0 Å². The molecule has 156 valence electrons. The van der Waals surface area contributed by atoms with E-state index in [1.165, 1.54) is 6.07 Å². The molecular weight excluding hydrogens is 405 g/mol. The number of nitrogens with zero attached hydrogens (tertiary/aromatic N) is 2. The lowest BCUT2D eigenvalue weighted by molar-refractivity contribution is 0.102. The maximum atomic E-state index is 14.6. The molecule has 0 aliphatic carbocycles. The highest BCUT2D eigenvalue weighted by molar-refractivity contribution is 7.09. The van der Waals surface area contributed by atoms with Crippen molar-refractivity contribution in [3.8, 4) is 5.75 Å². The number of carbonyl (C=O) groups is 1. The molecule has 6 nitrogen and oxygen atoms in total. The second-order valence-electron chi connectivity index (χ2n) is 6.89. The molecule has 1 aromatic heterocycles. The Labute approximate surface area is 178 Å². The molecule has 0 atom stereocenters. The lowest BCUT2D eigenvalue weighted by Crippen LogP contribution is -2.36. The Balaban J connectivity index is 1.40. The topological polar surface area (TPSA) is 63.7 Å². The first-order valence-corrected chi connectivity index (χ1v) is 10.5. The van der Waals surface area contributed by atoms with Crippen LogP contribution in [-0.4, -0.2) is 37.2 Å². The highest BCUT2D eigenvalue weighted by Gasteiger charge is 2.16. The van der Waals surface area contributed by atoms with Crippen LogP contribution in [0.4, 0.5) is 15.8 Å². The van der Waals surface area contributed by atoms with Crippen LogP contribution in [0.5, 0.6) is 5.75 Å². The van der Waals surface area contributed by atoms with Crippen molar-refractivity contribution in [3.05, 3.63) is 69.9 Å². The zero-order valence-electron chi connectivity index (χ0n) is 16.6. The first-order valence-electron chi connectivity index (χ1n) is 9.66. The third-order valence-electron chi connectivity index (χ3n) is 4.71. The third-order valence-corrected chi connectivity index (χ3v) is 5.53. The molecule has 0 bridgehead atoms. The second-order valence-corrected chi connectivity index (χ2v) is 7.96. The minimum Gasteiger partial charge on any atom is -0.487 e. The van der Waals surface area contributed by atoms with Crippen molar-refractivity contribution in [3.63, 3.8) is 0 Å². The number of hydrogen-bond donors (Lipinski definition) is 1. The summed E-state index contributed by atoms with van der Waals surface area (Å²) in [5.41, 5.74) is 2.20. The van der Waals surface area contributed by atoms with Gasteiger partial charge in [0.1, 0.15) is 18.2 Å². The molecule has 2 heterocycles. The Morgan fingerprint density at radius 3 is 2.83 bits per heavy atom. The van der Waals surface area contributed by atoms with E-state index in [9.17, 15) is 9.18 Å². The Morgan fingerprint density at radius 2 is 2.10 bits per heavy atom. The molecule has 4 rings (SSSR count). The number of thiazole rings is 1. The van der Waals surface area contributed by atoms with E-state index in [2.05, 4.69) is 10.3 Å². The van der Waals surface area contributed by atoms with Gasteiger partial charge in [0.05, 0.1) is 29.6 Å². The number of nitrogens with one attached hydrogen (secondary N) is 1. The van der Waals surface area contributed by atoms with E-state index in [4.69, 9.17) is 9.47 Å². The molecule has 0 unspecified atom stereocenters. The van der Waals surface area contributed by atoms with Gasteiger partial charge in [0.15, 0.2) is 0 Å². The van der Waals surface area contributed by atoms with Crippen molar-refractivity contribution in [2.75, 3.05) is 36.5 Å². The number of carbonyl (C=O) groups excluding carboxylic acids is 1. The number of morpholine rings is 1. The molecule has 8 heteroatoms. The number of rotatable bonds is 6. The predicted octanol–water partition coefficient (Wildman–Crippen LogP) is 4.26. The molecule has 1 saturated heterocycles. The predicted molar refractivity (Wildman–Crippen MR) is 115 cm³/mol. The number of amides is 1. The largest absolute Gasteiger partial charge is 0.487 e. The quantitative estimate of drug-likeness (QED) is 0.637. The standard InChI is InChI=1S/C22H22FN3O3S/c1-15-24-18(14-30-15)13-29-19-4-2-3-16(11-19)22(27)25-17-5-6-21(20(23)12-17)26-7-9-28-10-8-26/h2-6,11-12,14H,7-10,13H2,1H3,(H,25,27). The van der Waals surface area contributed by atoms with Gasteiger partial charge in [0.25, 0.3) is 5.91 Å². The maximum absolute atomic E-state index is 14.6. The average molecular weight is 428 g/mol. The molecule has 1 fully saturated rings. The SMILES string of the molecule is Cc1nc(COc2cccc(C(=O)Nc3ccc(N4CCOCC4)c(F)c3)c2)cs1. The monoisotopic (exact) mass is 427 g/mol. The Morgan fingerprint density at radius 1 is 1.27 bits per heavy atom. The molecule has 1 aliphatic rings. The van der Waals surface area contributed by atoms with Crippen LogP contribution >= 0.6 is 11.3 Å². The van der Waals surface area contributed by atoms with Gasteiger partial charge in [-0.1, -0.05) is 6.07 Å². The molecule has 1 amide bonds. The summed E-state index contributed by atoms with van der Waals surface area (Å²) in [6, 6.07) is 11.6. The number of benzene rings is 2. The van der Waals surface area contributed by atoms with E-state index in [1.807, 2.05) is 17.2 Å². The number of ether oxygens (including phenoxy) is 2. The van der Waals surface area contributed by atoms with Crippen molar-refractivity contribution < 1.29 is 18.7 Å². The van der Waals surface area contributed by atoms with E-state index >= 15 is 0 Å². The summed E-state index contributed by atoms with van der Waals surface area (Å²) in [4.78, 5) is 18.9. The van der Waals surface area contributed by atoms with E-state index in [0.29, 0.717) is 55.6 Å². The summed E-state index contributed by atoms with van der Waals surface area (Å²) in [7, 11) is 0. The van der Waals surface area contributed by atoms with Gasteiger partial charge in [-0.15, -0.1) is 11.3 Å². The number of anilines is 2. The van der Waals surface area contributed by atoms with Gasteiger partial charge in [-0.2, -0.15) is 0 Å². The molecule has 0 radical (unpaired) electrons. The summed E-state index contributed by atoms with van der Waals surface area (Å²) < 4.78 is 25.6. The average Bonchev–Trinajstić information content (AvgIpc) is 3.18. The molecule has 30 heavy (non-hydrogen) atoms. The van der Waals surface area contributed by atoms with Crippen LogP contribution in [0.2, 0.25) is 0 Å². The fourth-order valence-electron chi connectivity index (χ4n) is 3.21. The first kappa shape index (κ1) is 20.3. The molecule has 0 spiro atoms. The van der Waals surface area contributed by atoms with E-state index in [0.717, 1.165) is 10.7 Å². The molecule has 0 saturated carbocycles. The molecule has 2 aromatic carbocycles. The Bertz CT molecular complexity index is 1030. The summed E-state index contributed by atoms with van der Waals surface area (Å²) >= 11 is 1.56. The number of hydrogen-bond acceptors (Lipinski definition) is 6. The van der Waals surface area contributed by atoms with Gasteiger partial charge in [0.2, 0.25) is 0 Å². The van der Waals surface area contributed by atoms with Crippen molar-refractivity contribution in [1.29, 1.82) is 0 Å². The highest BCUT2D eigenvalue weighted by Crippen LogP contribution is 2.24. The van der Waals surface area contributed by atoms with Crippen molar-refractivity contribution in [1.82, 2.24) is 4.98 Å². The third kappa shape index (κ3) is 4.95. The van der Waals surface area contributed by atoms with Crippen LogP contribution in [0.25, 0.3) is 0 Å². The minimum atomic E-state index is -0.370. The van der Waals surface area contributed by atoms with Gasteiger partial charge in [0, 0.05) is 29.7 Å². The van der Waals surface area contributed by atoms with Crippen LogP contribution in [-0.2, 0) is 11.3 Å². The highest BCUT2D eigenvalue weighted by atomic mass is 32.1. The van der Waals surface area contributed by atoms with Crippen molar-refractivity contribution in [2.45, 2.75) is 13.5 Å². The van der Waals surface area contributed by atoms with Crippen LogP contribution in [0.1, 0.15) is 21.1 Å². The Kier molecular flexibility index (Phi) is 6.25. The van der Waals surface area contributed by atoms with Gasteiger partial charge in [-0.3, -0.25) is 4.79 Å². The zero-order chi connectivity index (χ0) is 20.9. The molecular formula is C22H22FN3O3S. The van der Waals surface area contributed by atoms with Gasteiger partial charge >= 0.3 is 0 Å². The second kappa shape index (κ2) is 9.23. The lowest BCUT2D eigenvalue weighted by Gasteiger charge is -2.29. The smallest absolute Gasteiger partial charge is 0.255 e. The normalized spacial score (nSPS) is 13.9. The van der Waals surface area contributed by atoms with E-state index in [1.54, 1.807) is 47.7 Å². The van der Waals surface area contributed by atoms with Gasteiger partial charge in [-0.05, 0) is 43.3 Å². The number of aryl methyl sites for hydroxylation is 1. The first-order chi connectivity index (χ1) is 14.6. The fourth-order valence-corrected chi connectivity index (χ4v) is 3.80. The zero-order valence-corrected chi connectivity index (χ0v) is 17.4. The minimum absolute atomic E-state index is 0.330. The Hall–Kier alpha value is -2.97. The van der Waals surface area contributed by atoms with Gasteiger partial charge in [-0.25, -0.2) is 9.37 Å². The summed E-state index contributed by atoms with van der Waals surface area (Å²) in [5.74, 6) is -0.129. The van der Waals surface area contributed by atoms with E-state index < -0.39 is 0 Å². The summed E-state index contributed by atoms with van der Waals surface area (Å²) in [6.45, 7) is 4.74. The van der Waals surface area contributed by atoms with E-state index in [-0.39, 0.29) is 11.7 Å². The fraction of sp³-hybridized carbons (Fsp3) is 0.273. The summed E-state index contributed by atoms with van der Waals surface area (Å²) in [6.07, 6.45) is 0. The number of aromatic nitrogens is 1. The van der Waals surface area contributed by atoms with Crippen LogP contribution < -0.4 is 15.0 Å². The van der Waals surface area contributed by atoms with Crippen molar-refractivity contribution in [2.24, 2.45) is 0 Å². The van der Waals surface area contributed by atoms with Crippen LogP contribution in [0.15, 0.2) is 47.8 Å². The number of halogens is 1. The lowest BCUT2D eigenvalue weighted by atomic mass is 10.2.